The highest BCUT2D eigenvalue weighted by molar-refractivity contribution is 7.89. The number of sulfonamides is 1. The van der Waals surface area contributed by atoms with E-state index in [0.717, 1.165) is 28.0 Å². The van der Waals surface area contributed by atoms with Gasteiger partial charge in [0.15, 0.2) is 0 Å². The first kappa shape index (κ1) is 19.8. The summed E-state index contributed by atoms with van der Waals surface area (Å²) in [6, 6.07) is 15.2. The molecule has 2 heterocycles. The Morgan fingerprint density at radius 3 is 2.62 bits per heavy atom. The molecule has 0 aliphatic carbocycles. The normalized spacial score (nSPS) is 14.4. The van der Waals surface area contributed by atoms with Gasteiger partial charge in [0.2, 0.25) is 10.0 Å². The maximum absolute atomic E-state index is 13.3. The second kappa shape index (κ2) is 7.74. The first-order valence-corrected chi connectivity index (χ1v) is 11.7. The number of fused-ring (bicyclic) bond motifs is 1. The Morgan fingerprint density at radius 1 is 1.07 bits per heavy atom. The molecular formula is C22H22N2O3S2. The third-order valence-corrected chi connectivity index (χ3v) is 8.12. The molecule has 2 aromatic carbocycles. The van der Waals surface area contributed by atoms with Crippen molar-refractivity contribution in [2.24, 2.45) is 0 Å². The maximum Gasteiger partial charge on any atom is 0.267 e. The van der Waals surface area contributed by atoms with Crippen LogP contribution in [-0.2, 0) is 23.0 Å². The molecule has 0 saturated heterocycles. The fraction of sp³-hybridized carbons (Fsp3) is 0.227. The lowest BCUT2D eigenvalue weighted by molar-refractivity contribution is 0.102. The van der Waals surface area contributed by atoms with Crippen molar-refractivity contribution in [2.75, 3.05) is 11.9 Å². The third-order valence-electron chi connectivity index (χ3n) is 5.19. The van der Waals surface area contributed by atoms with E-state index in [0.29, 0.717) is 25.2 Å². The van der Waals surface area contributed by atoms with Gasteiger partial charge in [-0.05, 0) is 60.0 Å². The Bertz CT molecular complexity index is 1180. The van der Waals surface area contributed by atoms with E-state index in [1.165, 1.54) is 15.9 Å². The molecule has 0 spiro atoms. The monoisotopic (exact) mass is 426 g/mol. The van der Waals surface area contributed by atoms with Crippen LogP contribution in [0.2, 0.25) is 0 Å². The van der Waals surface area contributed by atoms with Crippen LogP contribution < -0.4 is 5.32 Å². The van der Waals surface area contributed by atoms with E-state index in [2.05, 4.69) is 5.32 Å². The van der Waals surface area contributed by atoms with Crippen LogP contribution in [0.15, 0.2) is 58.8 Å². The topological polar surface area (TPSA) is 66.5 Å². The Hall–Kier alpha value is -2.48. The summed E-state index contributed by atoms with van der Waals surface area (Å²) in [6.07, 6.45) is 0.670. The minimum absolute atomic E-state index is 0.0738. The average Bonchev–Trinajstić information content (AvgIpc) is 3.21. The number of anilines is 1. The summed E-state index contributed by atoms with van der Waals surface area (Å²) < 4.78 is 28.1. The Morgan fingerprint density at radius 2 is 1.83 bits per heavy atom. The molecule has 29 heavy (non-hydrogen) atoms. The van der Waals surface area contributed by atoms with Gasteiger partial charge in [0, 0.05) is 18.8 Å². The molecule has 150 valence electrons. The zero-order valence-corrected chi connectivity index (χ0v) is 17.9. The Balaban J connectivity index is 1.61. The highest BCUT2D eigenvalue weighted by Gasteiger charge is 2.32. The summed E-state index contributed by atoms with van der Waals surface area (Å²) in [6.45, 7) is 4.59. The van der Waals surface area contributed by atoms with Gasteiger partial charge in [0.05, 0.1) is 0 Å². The molecule has 4 rings (SSSR count). The van der Waals surface area contributed by atoms with Gasteiger partial charge >= 0.3 is 0 Å². The molecule has 3 aromatic rings. The van der Waals surface area contributed by atoms with Gasteiger partial charge in [-0.15, -0.1) is 11.3 Å². The van der Waals surface area contributed by atoms with E-state index in [4.69, 9.17) is 0 Å². The average molecular weight is 427 g/mol. The van der Waals surface area contributed by atoms with Crippen molar-refractivity contribution in [3.8, 4) is 0 Å². The summed E-state index contributed by atoms with van der Waals surface area (Å²) in [5, 5.41) is 4.53. The highest BCUT2D eigenvalue weighted by Crippen LogP contribution is 2.30. The third kappa shape index (κ3) is 3.85. The highest BCUT2D eigenvalue weighted by atomic mass is 32.2. The number of hydrogen-bond donors (Lipinski definition) is 1. The molecule has 1 aromatic heterocycles. The molecular weight excluding hydrogens is 404 g/mol. The van der Waals surface area contributed by atoms with Crippen molar-refractivity contribution in [3.05, 3.63) is 81.0 Å². The number of nitrogens with one attached hydrogen (secondary N) is 1. The molecule has 0 radical (unpaired) electrons. The van der Waals surface area contributed by atoms with Gasteiger partial charge in [-0.25, -0.2) is 8.42 Å². The van der Waals surface area contributed by atoms with Crippen LogP contribution in [0, 0.1) is 13.8 Å². The van der Waals surface area contributed by atoms with Crippen LogP contribution in [0.3, 0.4) is 0 Å². The first-order valence-electron chi connectivity index (χ1n) is 9.39. The van der Waals surface area contributed by atoms with Crippen molar-refractivity contribution >= 4 is 33.0 Å². The van der Waals surface area contributed by atoms with Crippen molar-refractivity contribution < 1.29 is 13.2 Å². The standard InChI is InChI=1S/C22H22N2O3S2/c1-15-7-8-16(2)19(13-15)23-22(25)21-20(10-12-28-21)29(26,27)24-11-9-17-5-3-4-6-18(17)14-24/h3-8,10,12-13H,9,11,14H2,1-2H3,(H,23,25). The van der Waals surface area contributed by atoms with Crippen LogP contribution in [0.4, 0.5) is 5.69 Å². The number of hydrogen-bond acceptors (Lipinski definition) is 4. The molecule has 1 amide bonds. The van der Waals surface area contributed by atoms with E-state index in [1.807, 2.05) is 56.3 Å². The van der Waals surface area contributed by atoms with Crippen molar-refractivity contribution in [1.29, 1.82) is 0 Å². The summed E-state index contributed by atoms with van der Waals surface area (Å²) in [5.41, 5.74) is 4.84. The van der Waals surface area contributed by atoms with Gasteiger partial charge in [-0.2, -0.15) is 4.31 Å². The number of nitrogens with zero attached hydrogens (tertiary/aromatic N) is 1. The largest absolute Gasteiger partial charge is 0.321 e. The summed E-state index contributed by atoms with van der Waals surface area (Å²) in [4.78, 5) is 13.2. The minimum Gasteiger partial charge on any atom is -0.321 e. The van der Waals surface area contributed by atoms with E-state index in [1.54, 1.807) is 5.38 Å². The fourth-order valence-corrected chi connectivity index (χ4v) is 6.24. The predicted molar refractivity (Wildman–Crippen MR) is 116 cm³/mol. The molecule has 1 aliphatic heterocycles. The van der Waals surface area contributed by atoms with Crippen LogP contribution in [0.25, 0.3) is 0 Å². The second-order valence-electron chi connectivity index (χ2n) is 7.24. The fourth-order valence-electron chi connectivity index (χ4n) is 3.53. The number of carbonyl (C=O) groups excluding carboxylic acids is 1. The molecule has 1 N–H and O–H groups in total. The van der Waals surface area contributed by atoms with Gasteiger partial charge in [-0.1, -0.05) is 36.4 Å². The number of carbonyl (C=O) groups is 1. The molecule has 5 nitrogen and oxygen atoms in total. The van der Waals surface area contributed by atoms with Crippen molar-refractivity contribution in [1.82, 2.24) is 4.31 Å². The second-order valence-corrected chi connectivity index (χ2v) is 10.1. The molecule has 0 saturated carbocycles. The predicted octanol–water partition coefficient (Wildman–Crippen LogP) is 4.36. The number of amides is 1. The SMILES string of the molecule is Cc1ccc(C)c(NC(=O)c2sccc2S(=O)(=O)N2CCc3ccccc3C2)c1. The zero-order valence-electron chi connectivity index (χ0n) is 16.3. The van der Waals surface area contributed by atoms with Gasteiger partial charge in [-0.3, -0.25) is 4.79 Å². The van der Waals surface area contributed by atoms with E-state index >= 15 is 0 Å². The Labute approximate surface area is 175 Å². The number of rotatable bonds is 4. The van der Waals surface area contributed by atoms with Gasteiger partial charge in [0.25, 0.3) is 5.91 Å². The number of benzene rings is 2. The lowest BCUT2D eigenvalue weighted by Gasteiger charge is -2.28. The van der Waals surface area contributed by atoms with Crippen LogP contribution in [0.1, 0.15) is 31.9 Å². The molecule has 0 fully saturated rings. The van der Waals surface area contributed by atoms with Gasteiger partial charge in [0.1, 0.15) is 9.77 Å². The van der Waals surface area contributed by atoms with E-state index in [9.17, 15) is 13.2 Å². The maximum atomic E-state index is 13.3. The number of aryl methyl sites for hydroxylation is 2. The van der Waals surface area contributed by atoms with Crippen molar-refractivity contribution in [3.63, 3.8) is 0 Å². The lowest BCUT2D eigenvalue weighted by Crippen LogP contribution is -2.36. The number of thiophene rings is 1. The minimum atomic E-state index is -3.76. The smallest absolute Gasteiger partial charge is 0.267 e. The summed E-state index contributed by atoms with van der Waals surface area (Å²) >= 11 is 1.15. The molecule has 1 aliphatic rings. The molecule has 7 heteroatoms. The van der Waals surface area contributed by atoms with Crippen LogP contribution in [0.5, 0.6) is 0 Å². The van der Waals surface area contributed by atoms with Crippen LogP contribution in [-0.4, -0.2) is 25.2 Å². The van der Waals surface area contributed by atoms with Crippen molar-refractivity contribution in [2.45, 2.75) is 31.7 Å². The van der Waals surface area contributed by atoms with Crippen LogP contribution >= 0.6 is 11.3 Å². The van der Waals surface area contributed by atoms with E-state index < -0.39 is 15.9 Å². The zero-order chi connectivity index (χ0) is 20.6. The molecule has 0 unspecified atom stereocenters. The Kier molecular flexibility index (Phi) is 5.29. The van der Waals surface area contributed by atoms with Gasteiger partial charge < -0.3 is 5.32 Å². The quantitative estimate of drug-likeness (QED) is 0.674. The van der Waals surface area contributed by atoms with E-state index in [-0.39, 0.29) is 9.77 Å². The first-order chi connectivity index (χ1) is 13.9. The summed E-state index contributed by atoms with van der Waals surface area (Å²) in [5.74, 6) is -0.398. The lowest BCUT2D eigenvalue weighted by atomic mass is 10.0. The molecule has 0 bridgehead atoms. The summed E-state index contributed by atoms with van der Waals surface area (Å²) in [7, 11) is -3.76. The molecule has 0 atom stereocenters.